The number of nitrogens with zero attached hydrogens (tertiary/aromatic N) is 2. The van der Waals surface area contributed by atoms with E-state index in [-0.39, 0.29) is 6.54 Å². The van der Waals surface area contributed by atoms with Gasteiger partial charge in [0.2, 0.25) is 0 Å². The van der Waals surface area contributed by atoms with Crippen LogP contribution in [0.5, 0.6) is 0 Å². The van der Waals surface area contributed by atoms with Gasteiger partial charge in [0.05, 0.1) is 11.3 Å². The number of benzene rings is 1. The minimum atomic E-state index is -0.886. The van der Waals surface area contributed by atoms with Gasteiger partial charge in [-0.3, -0.25) is 4.79 Å². The Morgan fingerprint density at radius 1 is 1.50 bits per heavy atom. The zero-order chi connectivity index (χ0) is 13.7. The maximum absolute atomic E-state index is 11.0. The van der Waals surface area contributed by atoms with E-state index in [2.05, 4.69) is 6.07 Å². The van der Waals surface area contributed by atoms with Crippen LogP contribution in [0.4, 0.5) is 5.69 Å². The van der Waals surface area contributed by atoms with Crippen molar-refractivity contribution in [1.82, 2.24) is 0 Å². The summed E-state index contributed by atoms with van der Waals surface area (Å²) in [6.45, 7) is 6.48. The van der Waals surface area contributed by atoms with Crippen molar-refractivity contribution in [2.75, 3.05) is 18.0 Å². The number of aliphatic carboxylic acids is 1. The third kappa shape index (κ3) is 3.49. The number of nitriles is 1. The summed E-state index contributed by atoms with van der Waals surface area (Å²) in [5.74, 6) is -0.557. The molecule has 18 heavy (non-hydrogen) atoms. The number of aryl methyl sites for hydroxylation is 1. The summed E-state index contributed by atoms with van der Waals surface area (Å²) in [6, 6.07) is 7.55. The molecule has 0 amide bonds. The smallest absolute Gasteiger partial charge is 0.323 e. The van der Waals surface area contributed by atoms with Crippen molar-refractivity contribution in [1.29, 1.82) is 5.26 Å². The van der Waals surface area contributed by atoms with Crippen molar-refractivity contribution >= 4 is 11.7 Å². The molecule has 0 atom stereocenters. The normalized spacial score (nSPS) is 10.2. The third-order valence-corrected chi connectivity index (χ3v) is 2.59. The SMILES string of the molecule is Cc1cccc(C#N)c1N(CC(=O)O)CC(C)C. The average molecular weight is 246 g/mol. The van der Waals surface area contributed by atoms with E-state index in [1.54, 1.807) is 11.0 Å². The Labute approximate surface area is 107 Å². The first kappa shape index (κ1) is 14.0. The molecule has 4 nitrogen and oxygen atoms in total. The Bertz CT molecular complexity index is 475. The number of anilines is 1. The van der Waals surface area contributed by atoms with Gasteiger partial charge in [-0.15, -0.1) is 0 Å². The first-order chi connectivity index (χ1) is 8.45. The lowest BCUT2D eigenvalue weighted by atomic mass is 10.1. The van der Waals surface area contributed by atoms with Crippen LogP contribution >= 0.6 is 0 Å². The van der Waals surface area contributed by atoms with Gasteiger partial charge in [-0.25, -0.2) is 0 Å². The predicted octanol–water partition coefficient (Wildman–Crippen LogP) is 2.41. The Balaban J connectivity index is 3.19. The van der Waals surface area contributed by atoms with Crippen LogP contribution in [0, 0.1) is 24.2 Å². The van der Waals surface area contributed by atoms with Crippen LogP contribution in [-0.2, 0) is 4.79 Å². The van der Waals surface area contributed by atoms with E-state index in [0.29, 0.717) is 18.0 Å². The third-order valence-electron chi connectivity index (χ3n) is 2.59. The molecule has 0 aliphatic rings. The highest BCUT2D eigenvalue weighted by Gasteiger charge is 2.17. The van der Waals surface area contributed by atoms with Gasteiger partial charge in [0.15, 0.2) is 0 Å². The summed E-state index contributed by atoms with van der Waals surface area (Å²) in [4.78, 5) is 12.7. The molecule has 1 aromatic carbocycles. The van der Waals surface area contributed by atoms with Crippen molar-refractivity contribution < 1.29 is 9.90 Å². The van der Waals surface area contributed by atoms with E-state index < -0.39 is 5.97 Å². The van der Waals surface area contributed by atoms with Crippen molar-refractivity contribution in [2.45, 2.75) is 20.8 Å². The number of hydrogen-bond donors (Lipinski definition) is 1. The number of carboxylic acids is 1. The molecule has 0 spiro atoms. The van der Waals surface area contributed by atoms with Gasteiger partial charge in [-0.1, -0.05) is 26.0 Å². The zero-order valence-electron chi connectivity index (χ0n) is 11.0. The van der Waals surface area contributed by atoms with Gasteiger partial charge >= 0.3 is 5.97 Å². The maximum atomic E-state index is 11.0. The standard InChI is InChI=1S/C14H18N2O2/c1-10(2)8-16(9-13(17)18)14-11(3)5-4-6-12(14)7-15/h4-6,10H,8-9H2,1-3H3,(H,17,18). The fourth-order valence-corrected chi connectivity index (χ4v) is 2.01. The molecule has 0 radical (unpaired) electrons. The molecule has 0 bridgehead atoms. The van der Waals surface area contributed by atoms with Crippen LogP contribution < -0.4 is 4.90 Å². The number of rotatable bonds is 5. The van der Waals surface area contributed by atoms with Crippen LogP contribution in [-0.4, -0.2) is 24.2 Å². The minimum absolute atomic E-state index is 0.0856. The summed E-state index contributed by atoms with van der Waals surface area (Å²) in [5, 5.41) is 18.1. The van der Waals surface area contributed by atoms with Crippen LogP contribution in [0.25, 0.3) is 0 Å². The van der Waals surface area contributed by atoms with Gasteiger partial charge in [0, 0.05) is 6.54 Å². The van der Waals surface area contributed by atoms with E-state index in [1.165, 1.54) is 0 Å². The number of para-hydroxylation sites is 1. The summed E-state index contributed by atoms with van der Waals surface area (Å²) in [5.41, 5.74) is 2.18. The summed E-state index contributed by atoms with van der Waals surface area (Å²) in [6.07, 6.45) is 0. The van der Waals surface area contributed by atoms with Crippen LogP contribution in [0.15, 0.2) is 18.2 Å². The first-order valence-corrected chi connectivity index (χ1v) is 5.92. The van der Waals surface area contributed by atoms with Crippen LogP contribution in [0.3, 0.4) is 0 Å². The Kier molecular flexibility index (Phi) is 4.73. The molecule has 96 valence electrons. The lowest BCUT2D eigenvalue weighted by Crippen LogP contribution is -2.34. The molecule has 0 aromatic heterocycles. The highest BCUT2D eigenvalue weighted by molar-refractivity contribution is 5.76. The number of carbonyl (C=O) groups is 1. The van der Waals surface area contributed by atoms with E-state index in [1.807, 2.05) is 32.9 Å². The monoisotopic (exact) mass is 246 g/mol. The van der Waals surface area contributed by atoms with Gasteiger partial charge < -0.3 is 10.0 Å². The second kappa shape index (κ2) is 6.06. The van der Waals surface area contributed by atoms with Crippen molar-refractivity contribution in [3.8, 4) is 6.07 Å². The predicted molar refractivity (Wildman–Crippen MR) is 70.6 cm³/mol. The zero-order valence-corrected chi connectivity index (χ0v) is 11.0. The second-order valence-electron chi connectivity index (χ2n) is 4.75. The Hall–Kier alpha value is -2.02. The van der Waals surface area contributed by atoms with Crippen LogP contribution in [0.1, 0.15) is 25.0 Å². The van der Waals surface area contributed by atoms with E-state index >= 15 is 0 Å². The van der Waals surface area contributed by atoms with E-state index in [4.69, 9.17) is 10.4 Å². The molecule has 0 fully saturated rings. The molecule has 4 heteroatoms. The van der Waals surface area contributed by atoms with Crippen molar-refractivity contribution in [3.05, 3.63) is 29.3 Å². The quantitative estimate of drug-likeness (QED) is 0.866. The average Bonchev–Trinajstić information content (AvgIpc) is 2.26. The van der Waals surface area contributed by atoms with Gasteiger partial charge in [-0.2, -0.15) is 5.26 Å². The molecule has 0 heterocycles. The Morgan fingerprint density at radius 2 is 2.17 bits per heavy atom. The largest absolute Gasteiger partial charge is 0.480 e. The molecule has 1 N–H and O–H groups in total. The first-order valence-electron chi connectivity index (χ1n) is 5.92. The lowest BCUT2D eigenvalue weighted by molar-refractivity contribution is -0.135. The van der Waals surface area contributed by atoms with E-state index in [0.717, 1.165) is 11.3 Å². The molecule has 0 unspecified atom stereocenters. The molecule has 0 aliphatic heterocycles. The van der Waals surface area contributed by atoms with Crippen LogP contribution in [0.2, 0.25) is 0 Å². The summed E-state index contributed by atoms with van der Waals surface area (Å²) in [7, 11) is 0. The Morgan fingerprint density at radius 3 is 2.67 bits per heavy atom. The molecular weight excluding hydrogens is 228 g/mol. The van der Waals surface area contributed by atoms with Gasteiger partial charge in [0.1, 0.15) is 12.6 Å². The number of carboxylic acid groups (broad SMARTS) is 1. The van der Waals surface area contributed by atoms with Gasteiger partial charge in [0.25, 0.3) is 0 Å². The molecule has 0 aliphatic carbocycles. The van der Waals surface area contributed by atoms with Gasteiger partial charge in [-0.05, 0) is 24.5 Å². The van der Waals surface area contributed by atoms with Crippen molar-refractivity contribution in [2.24, 2.45) is 5.92 Å². The second-order valence-corrected chi connectivity index (χ2v) is 4.75. The number of hydrogen-bond acceptors (Lipinski definition) is 3. The molecule has 1 rings (SSSR count). The minimum Gasteiger partial charge on any atom is -0.480 e. The fraction of sp³-hybridized carbons (Fsp3) is 0.429. The summed E-state index contributed by atoms with van der Waals surface area (Å²) < 4.78 is 0. The maximum Gasteiger partial charge on any atom is 0.323 e. The lowest BCUT2D eigenvalue weighted by Gasteiger charge is -2.27. The molecule has 0 saturated carbocycles. The fourth-order valence-electron chi connectivity index (χ4n) is 2.01. The van der Waals surface area contributed by atoms with E-state index in [9.17, 15) is 4.79 Å². The molecular formula is C14H18N2O2. The summed E-state index contributed by atoms with van der Waals surface area (Å²) >= 11 is 0. The molecule has 1 aromatic rings. The highest BCUT2D eigenvalue weighted by atomic mass is 16.4. The highest BCUT2D eigenvalue weighted by Crippen LogP contribution is 2.25. The molecule has 0 saturated heterocycles. The topological polar surface area (TPSA) is 64.3 Å². The van der Waals surface area contributed by atoms with Crippen molar-refractivity contribution in [3.63, 3.8) is 0 Å².